The van der Waals surface area contributed by atoms with E-state index in [2.05, 4.69) is 26.2 Å². The number of piperazine rings is 1. The summed E-state index contributed by atoms with van der Waals surface area (Å²) in [6.45, 7) is 7.78. The number of nitrogens with zero attached hydrogens (tertiary/aromatic N) is 3. The van der Waals surface area contributed by atoms with Crippen LogP contribution < -0.4 is 15.1 Å². The van der Waals surface area contributed by atoms with Crippen molar-refractivity contribution >= 4 is 34.7 Å². The van der Waals surface area contributed by atoms with E-state index in [9.17, 15) is 4.79 Å². The van der Waals surface area contributed by atoms with Crippen molar-refractivity contribution in [3.8, 4) is 0 Å². The molecule has 0 radical (unpaired) electrons. The molecule has 1 aliphatic rings. The quantitative estimate of drug-likeness (QED) is 0.860. The van der Waals surface area contributed by atoms with Crippen LogP contribution in [0.4, 0.5) is 17.2 Å². The molecule has 0 unspecified atom stereocenters. The van der Waals surface area contributed by atoms with Gasteiger partial charge in [0.2, 0.25) is 5.91 Å². The molecule has 1 N–H and O–H groups in total. The van der Waals surface area contributed by atoms with Gasteiger partial charge in [-0.2, -0.15) is 0 Å². The number of nitrogens with one attached hydrogen (secondary N) is 1. The monoisotopic (exact) mass is 372 g/mol. The van der Waals surface area contributed by atoms with Gasteiger partial charge in [0.1, 0.15) is 5.82 Å². The second kappa shape index (κ2) is 8.41. The fraction of sp³-hybridized carbons (Fsp3) is 0.400. The van der Waals surface area contributed by atoms with Gasteiger partial charge < -0.3 is 15.1 Å². The van der Waals surface area contributed by atoms with Crippen molar-refractivity contribution in [2.75, 3.05) is 41.3 Å². The molecule has 0 atom stereocenters. The van der Waals surface area contributed by atoms with Gasteiger partial charge in [-0.1, -0.05) is 31.5 Å². The van der Waals surface area contributed by atoms with Crippen molar-refractivity contribution in [1.82, 2.24) is 4.98 Å². The van der Waals surface area contributed by atoms with E-state index in [0.29, 0.717) is 18.2 Å². The molecule has 5 nitrogen and oxygen atoms in total. The van der Waals surface area contributed by atoms with Crippen LogP contribution in [0.2, 0.25) is 5.02 Å². The van der Waals surface area contributed by atoms with E-state index < -0.39 is 0 Å². The summed E-state index contributed by atoms with van der Waals surface area (Å²) in [4.78, 5) is 20.9. The summed E-state index contributed by atoms with van der Waals surface area (Å²) in [5, 5.41) is 3.62. The topological polar surface area (TPSA) is 48.5 Å². The van der Waals surface area contributed by atoms with Gasteiger partial charge in [-0.25, -0.2) is 4.98 Å². The Morgan fingerprint density at radius 2 is 1.81 bits per heavy atom. The number of halogens is 1. The predicted molar refractivity (Wildman–Crippen MR) is 108 cm³/mol. The van der Waals surface area contributed by atoms with Crippen LogP contribution >= 0.6 is 11.6 Å². The molecule has 2 heterocycles. The molecule has 0 spiro atoms. The van der Waals surface area contributed by atoms with Gasteiger partial charge in [0.15, 0.2) is 0 Å². The van der Waals surface area contributed by atoms with Gasteiger partial charge in [-0.05, 0) is 36.2 Å². The maximum Gasteiger partial charge on any atom is 0.225 e. The Morgan fingerprint density at radius 3 is 2.38 bits per heavy atom. The number of benzene rings is 1. The highest BCUT2D eigenvalue weighted by molar-refractivity contribution is 6.30. The minimum atomic E-state index is 0.00962. The Morgan fingerprint density at radius 1 is 1.12 bits per heavy atom. The van der Waals surface area contributed by atoms with Gasteiger partial charge in [-0.15, -0.1) is 0 Å². The summed E-state index contributed by atoms with van der Waals surface area (Å²) in [5.41, 5.74) is 2.25. The number of amides is 1. The number of hydrogen-bond donors (Lipinski definition) is 1. The zero-order chi connectivity index (χ0) is 18.5. The lowest BCUT2D eigenvalue weighted by atomic mass is 10.1. The number of hydrogen-bond acceptors (Lipinski definition) is 4. The first-order chi connectivity index (χ1) is 12.5. The lowest BCUT2D eigenvalue weighted by Crippen LogP contribution is -2.46. The zero-order valence-corrected chi connectivity index (χ0v) is 16.0. The zero-order valence-electron chi connectivity index (χ0n) is 15.3. The number of carbonyl (C=O) groups is 1. The second-order valence-corrected chi connectivity index (χ2v) is 7.44. The standard InChI is InChI=1S/C20H25ClN4O/c1-15(2)12-20(26)23-19-7-6-18(14-22-19)25-10-8-24(9-11-25)17-5-3-4-16(21)13-17/h3-7,13-15H,8-12H2,1-2H3,(H,22,23,26). The Kier molecular flexibility index (Phi) is 5.99. The summed E-state index contributed by atoms with van der Waals surface area (Å²) in [6, 6.07) is 11.9. The third kappa shape index (κ3) is 4.88. The summed E-state index contributed by atoms with van der Waals surface area (Å²) in [7, 11) is 0. The normalized spacial score (nSPS) is 14.6. The molecule has 1 aromatic carbocycles. The molecule has 1 fully saturated rings. The van der Waals surface area contributed by atoms with Crippen LogP contribution in [0.1, 0.15) is 20.3 Å². The van der Waals surface area contributed by atoms with Crippen LogP contribution in [-0.4, -0.2) is 37.1 Å². The minimum Gasteiger partial charge on any atom is -0.368 e. The molecule has 138 valence electrons. The van der Waals surface area contributed by atoms with Crippen molar-refractivity contribution in [2.24, 2.45) is 5.92 Å². The van der Waals surface area contributed by atoms with Crippen molar-refractivity contribution in [3.63, 3.8) is 0 Å². The van der Waals surface area contributed by atoms with E-state index in [4.69, 9.17) is 11.6 Å². The minimum absolute atomic E-state index is 0.00962. The molecule has 2 aromatic rings. The van der Waals surface area contributed by atoms with E-state index in [-0.39, 0.29) is 5.91 Å². The van der Waals surface area contributed by atoms with Crippen molar-refractivity contribution in [1.29, 1.82) is 0 Å². The lowest BCUT2D eigenvalue weighted by molar-refractivity contribution is -0.116. The number of aromatic nitrogens is 1. The van der Waals surface area contributed by atoms with E-state index in [0.717, 1.165) is 36.9 Å². The van der Waals surface area contributed by atoms with Gasteiger partial charge in [0.05, 0.1) is 11.9 Å². The van der Waals surface area contributed by atoms with E-state index >= 15 is 0 Å². The average Bonchev–Trinajstić information content (AvgIpc) is 2.62. The fourth-order valence-electron chi connectivity index (χ4n) is 3.11. The van der Waals surface area contributed by atoms with Gasteiger partial charge in [0.25, 0.3) is 0 Å². The van der Waals surface area contributed by atoms with E-state index in [1.165, 1.54) is 5.69 Å². The third-order valence-electron chi connectivity index (χ3n) is 4.43. The summed E-state index contributed by atoms with van der Waals surface area (Å²) in [5.74, 6) is 0.956. The smallest absolute Gasteiger partial charge is 0.225 e. The maximum absolute atomic E-state index is 11.8. The number of carbonyl (C=O) groups excluding carboxylic acids is 1. The van der Waals surface area contributed by atoms with Crippen LogP contribution in [0.5, 0.6) is 0 Å². The first kappa shape index (κ1) is 18.5. The molecule has 1 aliphatic heterocycles. The van der Waals surface area contributed by atoms with E-state index in [1.807, 2.05) is 50.4 Å². The van der Waals surface area contributed by atoms with Crippen molar-refractivity contribution in [2.45, 2.75) is 20.3 Å². The Bertz CT molecular complexity index is 740. The van der Waals surface area contributed by atoms with Gasteiger partial charge in [-0.3, -0.25) is 4.79 Å². The highest BCUT2D eigenvalue weighted by Gasteiger charge is 2.18. The second-order valence-electron chi connectivity index (χ2n) is 7.00. The Hall–Kier alpha value is -2.27. The first-order valence-electron chi connectivity index (χ1n) is 9.02. The van der Waals surface area contributed by atoms with Crippen LogP contribution in [0.3, 0.4) is 0 Å². The lowest BCUT2D eigenvalue weighted by Gasteiger charge is -2.37. The molecule has 3 rings (SSSR count). The molecular weight excluding hydrogens is 348 g/mol. The molecule has 0 aliphatic carbocycles. The molecule has 0 saturated carbocycles. The predicted octanol–water partition coefficient (Wildman–Crippen LogP) is 4.05. The van der Waals surface area contributed by atoms with Crippen molar-refractivity contribution in [3.05, 3.63) is 47.6 Å². The summed E-state index contributed by atoms with van der Waals surface area (Å²) in [6.07, 6.45) is 2.34. The highest BCUT2D eigenvalue weighted by Crippen LogP contribution is 2.23. The molecule has 1 aromatic heterocycles. The number of anilines is 3. The molecule has 1 amide bonds. The summed E-state index contributed by atoms with van der Waals surface area (Å²) < 4.78 is 0. The Balaban J connectivity index is 1.55. The van der Waals surface area contributed by atoms with Crippen LogP contribution in [0.15, 0.2) is 42.6 Å². The highest BCUT2D eigenvalue weighted by atomic mass is 35.5. The van der Waals surface area contributed by atoms with E-state index in [1.54, 1.807) is 0 Å². The van der Waals surface area contributed by atoms with Crippen LogP contribution in [-0.2, 0) is 4.79 Å². The molecular formula is C20H25ClN4O. The van der Waals surface area contributed by atoms with Crippen LogP contribution in [0.25, 0.3) is 0 Å². The average molecular weight is 373 g/mol. The largest absolute Gasteiger partial charge is 0.368 e. The van der Waals surface area contributed by atoms with Crippen LogP contribution in [0, 0.1) is 5.92 Å². The number of pyridine rings is 1. The Labute approximate surface area is 160 Å². The summed E-state index contributed by atoms with van der Waals surface area (Å²) >= 11 is 6.09. The molecule has 6 heteroatoms. The number of rotatable bonds is 5. The molecule has 1 saturated heterocycles. The third-order valence-corrected chi connectivity index (χ3v) is 4.66. The SMILES string of the molecule is CC(C)CC(=O)Nc1ccc(N2CCN(c3cccc(Cl)c3)CC2)cn1. The first-order valence-corrected chi connectivity index (χ1v) is 9.40. The van der Waals surface area contributed by atoms with Crippen molar-refractivity contribution < 1.29 is 4.79 Å². The fourth-order valence-corrected chi connectivity index (χ4v) is 3.29. The molecule has 0 bridgehead atoms. The maximum atomic E-state index is 11.8. The van der Waals surface area contributed by atoms with Gasteiger partial charge in [0, 0.05) is 43.3 Å². The molecule has 26 heavy (non-hydrogen) atoms. The van der Waals surface area contributed by atoms with Gasteiger partial charge >= 0.3 is 0 Å².